The molecule has 0 fully saturated rings. The lowest BCUT2D eigenvalue weighted by Gasteiger charge is -2.27. The Labute approximate surface area is 128 Å². The maximum absolute atomic E-state index is 13.7. The van der Waals surface area contributed by atoms with Gasteiger partial charge in [-0.1, -0.05) is 0 Å². The highest BCUT2D eigenvalue weighted by Crippen LogP contribution is 2.23. The number of H-pyrrole nitrogens is 1. The van der Waals surface area contributed by atoms with Gasteiger partial charge in [0.2, 0.25) is 0 Å². The predicted octanol–water partition coefficient (Wildman–Crippen LogP) is 2.19. The van der Waals surface area contributed by atoms with Gasteiger partial charge in [0, 0.05) is 36.8 Å². The monoisotopic (exact) mass is 327 g/mol. The van der Waals surface area contributed by atoms with Crippen molar-refractivity contribution in [2.75, 3.05) is 6.54 Å². The van der Waals surface area contributed by atoms with E-state index in [4.69, 9.17) is 0 Å². The Hall–Kier alpha value is -2.22. The molecule has 1 aromatic heterocycles. The summed E-state index contributed by atoms with van der Waals surface area (Å²) in [5.41, 5.74) is 0.141. The van der Waals surface area contributed by atoms with Crippen LogP contribution in [0.5, 0.6) is 0 Å². The summed E-state index contributed by atoms with van der Waals surface area (Å²) in [6, 6.07) is 0.185. The predicted molar refractivity (Wildman–Crippen MR) is 73.7 cm³/mol. The Morgan fingerprint density at radius 3 is 2.52 bits per heavy atom. The van der Waals surface area contributed by atoms with Crippen molar-refractivity contribution in [3.05, 3.63) is 62.3 Å². The first-order chi connectivity index (χ1) is 10.9. The first-order valence-corrected chi connectivity index (χ1v) is 6.99. The molecule has 0 saturated carbocycles. The third kappa shape index (κ3) is 2.86. The average molecular weight is 327 g/mol. The van der Waals surface area contributed by atoms with E-state index in [-0.39, 0.29) is 24.7 Å². The van der Waals surface area contributed by atoms with E-state index in [0.717, 1.165) is 0 Å². The summed E-state index contributed by atoms with van der Waals surface area (Å²) in [5, 5.41) is 0. The van der Waals surface area contributed by atoms with Crippen LogP contribution in [0.1, 0.15) is 22.6 Å². The first kappa shape index (κ1) is 15.7. The molecular weight excluding hydrogens is 314 g/mol. The fourth-order valence-corrected chi connectivity index (χ4v) is 2.74. The molecule has 1 aliphatic heterocycles. The zero-order valence-electron chi connectivity index (χ0n) is 12.2. The van der Waals surface area contributed by atoms with Gasteiger partial charge in [-0.05, 0) is 13.3 Å². The van der Waals surface area contributed by atoms with Gasteiger partial charge in [0.25, 0.3) is 5.56 Å². The van der Waals surface area contributed by atoms with E-state index in [0.29, 0.717) is 30.0 Å². The van der Waals surface area contributed by atoms with Crippen LogP contribution in [0.4, 0.5) is 17.6 Å². The van der Waals surface area contributed by atoms with Crippen molar-refractivity contribution in [1.29, 1.82) is 0 Å². The fraction of sp³-hybridized carbons (Fsp3) is 0.333. The number of nitrogens with one attached hydrogen (secondary N) is 1. The smallest absolute Gasteiger partial charge is 0.254 e. The highest BCUT2D eigenvalue weighted by atomic mass is 19.2. The molecule has 0 amide bonds. The van der Waals surface area contributed by atoms with Crippen molar-refractivity contribution in [1.82, 2.24) is 14.9 Å². The number of benzene rings is 1. The lowest BCUT2D eigenvalue weighted by molar-refractivity contribution is 0.230. The second-order valence-electron chi connectivity index (χ2n) is 5.48. The van der Waals surface area contributed by atoms with Gasteiger partial charge < -0.3 is 4.98 Å². The van der Waals surface area contributed by atoms with Crippen LogP contribution in [0.3, 0.4) is 0 Å². The molecule has 0 atom stereocenters. The van der Waals surface area contributed by atoms with Crippen molar-refractivity contribution in [2.45, 2.75) is 26.4 Å². The quantitative estimate of drug-likeness (QED) is 0.679. The molecule has 3 rings (SSSR count). The van der Waals surface area contributed by atoms with E-state index in [9.17, 15) is 22.4 Å². The van der Waals surface area contributed by atoms with Crippen molar-refractivity contribution in [3.63, 3.8) is 0 Å². The highest BCUT2D eigenvalue weighted by Gasteiger charge is 2.25. The van der Waals surface area contributed by atoms with E-state index < -0.39 is 28.8 Å². The molecule has 2 heterocycles. The SMILES string of the molecule is Cc1nc2c(c(=O)[nH]1)CCN(Cc1c(F)c(F)cc(F)c1F)C2. The normalized spacial score (nSPS) is 14.8. The standard InChI is InChI=1S/C15H13F4N3O/c1-7-20-12-6-22(3-2-8(12)15(23)21-7)5-9-13(18)10(16)4-11(17)14(9)19/h4H,2-3,5-6H2,1H3,(H,20,21,23). The molecule has 1 aliphatic rings. The number of rotatable bonds is 2. The average Bonchev–Trinajstić information content (AvgIpc) is 2.49. The summed E-state index contributed by atoms with van der Waals surface area (Å²) in [6.07, 6.45) is 0.346. The summed E-state index contributed by atoms with van der Waals surface area (Å²) in [6.45, 7) is 1.83. The van der Waals surface area contributed by atoms with E-state index in [1.54, 1.807) is 11.8 Å². The van der Waals surface area contributed by atoms with Crippen LogP contribution in [0.2, 0.25) is 0 Å². The van der Waals surface area contributed by atoms with Gasteiger partial charge in [-0.25, -0.2) is 22.5 Å². The molecule has 0 saturated heterocycles. The van der Waals surface area contributed by atoms with Gasteiger partial charge in [-0.15, -0.1) is 0 Å². The summed E-state index contributed by atoms with van der Waals surface area (Å²) in [5.74, 6) is -5.22. The molecule has 1 aromatic carbocycles. The Kier molecular flexibility index (Phi) is 3.93. The first-order valence-electron chi connectivity index (χ1n) is 6.99. The molecule has 8 heteroatoms. The fourth-order valence-electron chi connectivity index (χ4n) is 2.74. The Morgan fingerprint density at radius 2 is 1.87 bits per heavy atom. The lowest BCUT2D eigenvalue weighted by Crippen LogP contribution is -2.35. The molecule has 23 heavy (non-hydrogen) atoms. The van der Waals surface area contributed by atoms with Crippen molar-refractivity contribution >= 4 is 0 Å². The third-order valence-corrected chi connectivity index (χ3v) is 3.86. The second kappa shape index (κ2) is 5.77. The van der Waals surface area contributed by atoms with Crippen molar-refractivity contribution < 1.29 is 17.6 Å². The molecule has 1 N–H and O–H groups in total. The van der Waals surface area contributed by atoms with Gasteiger partial charge in [0.1, 0.15) is 5.82 Å². The minimum atomic E-state index is -1.43. The number of hydrogen-bond donors (Lipinski definition) is 1. The van der Waals surface area contributed by atoms with Gasteiger partial charge in [0.15, 0.2) is 23.3 Å². The van der Waals surface area contributed by atoms with Gasteiger partial charge in [0.05, 0.1) is 5.69 Å². The van der Waals surface area contributed by atoms with Gasteiger partial charge in [-0.2, -0.15) is 0 Å². The van der Waals surface area contributed by atoms with E-state index in [1.165, 1.54) is 0 Å². The summed E-state index contributed by atoms with van der Waals surface area (Å²) in [7, 11) is 0. The van der Waals surface area contributed by atoms with Crippen LogP contribution in [0, 0.1) is 30.2 Å². The second-order valence-corrected chi connectivity index (χ2v) is 5.48. The summed E-state index contributed by atoms with van der Waals surface area (Å²) >= 11 is 0. The summed E-state index contributed by atoms with van der Waals surface area (Å²) < 4.78 is 54.0. The van der Waals surface area contributed by atoms with Crippen LogP contribution in [-0.2, 0) is 19.5 Å². The Bertz CT molecular complexity index is 808. The molecule has 4 nitrogen and oxygen atoms in total. The zero-order chi connectivity index (χ0) is 16.7. The molecule has 0 spiro atoms. The molecular formula is C15H13F4N3O. The van der Waals surface area contributed by atoms with E-state index >= 15 is 0 Å². The van der Waals surface area contributed by atoms with Crippen LogP contribution in [0.15, 0.2) is 10.9 Å². The lowest BCUT2D eigenvalue weighted by atomic mass is 10.0. The van der Waals surface area contributed by atoms with Crippen LogP contribution in [-0.4, -0.2) is 21.4 Å². The Morgan fingerprint density at radius 1 is 1.22 bits per heavy atom. The number of aromatic amines is 1. The van der Waals surface area contributed by atoms with Gasteiger partial charge >= 0.3 is 0 Å². The number of halogens is 4. The van der Waals surface area contributed by atoms with Gasteiger partial charge in [-0.3, -0.25) is 9.69 Å². The largest absolute Gasteiger partial charge is 0.311 e. The van der Waals surface area contributed by atoms with Crippen molar-refractivity contribution in [3.8, 4) is 0 Å². The molecule has 0 radical (unpaired) electrons. The summed E-state index contributed by atoms with van der Waals surface area (Å²) in [4.78, 5) is 20.2. The number of fused-ring (bicyclic) bond motifs is 1. The van der Waals surface area contributed by atoms with Crippen LogP contribution < -0.4 is 5.56 Å². The topological polar surface area (TPSA) is 49.0 Å². The maximum Gasteiger partial charge on any atom is 0.254 e. The molecule has 2 aromatic rings. The molecule has 0 unspecified atom stereocenters. The number of nitrogens with zero attached hydrogens (tertiary/aromatic N) is 2. The number of aryl methyl sites for hydroxylation is 1. The van der Waals surface area contributed by atoms with E-state index in [1.807, 2.05) is 0 Å². The number of hydrogen-bond acceptors (Lipinski definition) is 3. The minimum absolute atomic E-state index is 0.178. The van der Waals surface area contributed by atoms with Crippen LogP contribution >= 0.6 is 0 Å². The van der Waals surface area contributed by atoms with E-state index in [2.05, 4.69) is 9.97 Å². The number of aromatic nitrogens is 2. The zero-order valence-corrected chi connectivity index (χ0v) is 12.2. The molecule has 122 valence electrons. The molecule has 0 bridgehead atoms. The van der Waals surface area contributed by atoms with Crippen LogP contribution in [0.25, 0.3) is 0 Å². The maximum atomic E-state index is 13.7. The highest BCUT2D eigenvalue weighted by molar-refractivity contribution is 5.24. The molecule has 0 aliphatic carbocycles. The third-order valence-electron chi connectivity index (χ3n) is 3.86. The van der Waals surface area contributed by atoms with Crippen molar-refractivity contribution in [2.24, 2.45) is 0 Å². The minimum Gasteiger partial charge on any atom is -0.311 e. The Balaban J connectivity index is 1.90.